The summed E-state index contributed by atoms with van der Waals surface area (Å²) in [6, 6.07) is 10.0. The van der Waals surface area contributed by atoms with Crippen molar-refractivity contribution in [1.29, 1.82) is 0 Å². The third-order valence-corrected chi connectivity index (χ3v) is 7.19. The number of halogens is 2. The molecule has 1 saturated heterocycles. The summed E-state index contributed by atoms with van der Waals surface area (Å²) in [6.45, 7) is 3.41. The van der Waals surface area contributed by atoms with Crippen LogP contribution in [-0.4, -0.2) is 57.5 Å². The molecule has 0 bridgehead atoms. The second-order valence-electron chi connectivity index (χ2n) is 7.29. The molecule has 1 aliphatic rings. The van der Waals surface area contributed by atoms with Gasteiger partial charge < -0.3 is 9.47 Å². The minimum atomic E-state index is -3.53. The fraction of sp³-hybridized carbons (Fsp3) is 0.429. The molecule has 1 heterocycles. The molecule has 1 aliphatic heterocycles. The number of aryl methyl sites for hydroxylation is 2. The van der Waals surface area contributed by atoms with Crippen molar-refractivity contribution in [2.24, 2.45) is 0 Å². The Balaban J connectivity index is 1.63. The van der Waals surface area contributed by atoms with Crippen molar-refractivity contribution in [3.8, 4) is 11.5 Å². The van der Waals surface area contributed by atoms with Crippen molar-refractivity contribution in [3.63, 3.8) is 0 Å². The quantitative estimate of drug-likeness (QED) is 0.660. The van der Waals surface area contributed by atoms with Crippen LogP contribution in [0.2, 0.25) is 0 Å². The van der Waals surface area contributed by atoms with Crippen LogP contribution in [0.15, 0.2) is 41.3 Å². The largest absolute Gasteiger partial charge is 0.493 e. The Morgan fingerprint density at radius 3 is 2.27 bits per heavy atom. The van der Waals surface area contributed by atoms with Gasteiger partial charge in [0, 0.05) is 32.7 Å². The summed E-state index contributed by atoms with van der Waals surface area (Å²) in [7, 11) is -2.13. The Hall–Kier alpha value is -2.23. The van der Waals surface area contributed by atoms with Crippen LogP contribution >= 0.6 is 0 Å². The maximum Gasteiger partial charge on any atom is 0.387 e. The summed E-state index contributed by atoms with van der Waals surface area (Å²) < 4.78 is 61.9. The molecule has 9 heteroatoms. The zero-order valence-electron chi connectivity index (χ0n) is 17.3. The van der Waals surface area contributed by atoms with Crippen molar-refractivity contribution >= 4 is 10.0 Å². The van der Waals surface area contributed by atoms with E-state index in [0.717, 1.165) is 16.7 Å². The van der Waals surface area contributed by atoms with Crippen LogP contribution < -0.4 is 9.47 Å². The summed E-state index contributed by atoms with van der Waals surface area (Å²) >= 11 is 0. The predicted molar refractivity (Wildman–Crippen MR) is 110 cm³/mol. The monoisotopic (exact) mass is 440 g/mol. The highest BCUT2D eigenvalue weighted by Gasteiger charge is 2.28. The van der Waals surface area contributed by atoms with Gasteiger partial charge in [0.2, 0.25) is 10.0 Å². The number of hydrogen-bond donors (Lipinski definition) is 0. The third kappa shape index (κ3) is 5.08. The van der Waals surface area contributed by atoms with Crippen LogP contribution in [0, 0.1) is 13.8 Å². The Labute approximate surface area is 176 Å². The van der Waals surface area contributed by atoms with Crippen molar-refractivity contribution in [3.05, 3.63) is 53.1 Å². The van der Waals surface area contributed by atoms with Gasteiger partial charge in [-0.25, -0.2) is 8.42 Å². The van der Waals surface area contributed by atoms with Gasteiger partial charge in [-0.2, -0.15) is 13.1 Å². The summed E-state index contributed by atoms with van der Waals surface area (Å²) in [6.07, 6.45) is 0. The lowest BCUT2D eigenvalue weighted by Crippen LogP contribution is -2.48. The Morgan fingerprint density at radius 1 is 0.967 bits per heavy atom. The van der Waals surface area contributed by atoms with Crippen LogP contribution in [-0.2, 0) is 16.6 Å². The molecule has 6 nitrogen and oxygen atoms in total. The number of sulfonamides is 1. The number of alkyl halides is 2. The molecule has 0 unspecified atom stereocenters. The van der Waals surface area contributed by atoms with Gasteiger partial charge in [0.25, 0.3) is 0 Å². The Bertz CT molecular complexity index is 990. The molecule has 2 aromatic carbocycles. The van der Waals surface area contributed by atoms with E-state index in [4.69, 9.17) is 4.74 Å². The molecule has 0 radical (unpaired) electrons. The third-order valence-electron chi connectivity index (χ3n) is 5.30. The maximum atomic E-state index is 12.9. The van der Waals surface area contributed by atoms with Crippen molar-refractivity contribution in [2.75, 3.05) is 33.3 Å². The lowest BCUT2D eigenvalue weighted by Gasteiger charge is -2.34. The summed E-state index contributed by atoms with van der Waals surface area (Å²) in [5.74, 6) is 0.226. The van der Waals surface area contributed by atoms with Gasteiger partial charge in [0.1, 0.15) is 0 Å². The maximum absolute atomic E-state index is 12.9. The van der Waals surface area contributed by atoms with E-state index >= 15 is 0 Å². The fourth-order valence-corrected chi connectivity index (χ4v) is 4.92. The number of rotatable bonds is 7. The molecule has 0 aliphatic carbocycles. The van der Waals surface area contributed by atoms with Gasteiger partial charge in [-0.3, -0.25) is 4.90 Å². The van der Waals surface area contributed by atoms with E-state index in [1.807, 2.05) is 19.9 Å². The number of nitrogens with zero attached hydrogens (tertiary/aromatic N) is 2. The second-order valence-corrected chi connectivity index (χ2v) is 9.23. The predicted octanol–water partition coefficient (Wildman–Crippen LogP) is 3.42. The molecule has 0 saturated carbocycles. The van der Waals surface area contributed by atoms with E-state index < -0.39 is 16.6 Å². The number of ether oxygens (including phenoxy) is 2. The van der Waals surface area contributed by atoms with Crippen molar-refractivity contribution in [1.82, 2.24) is 9.21 Å². The lowest BCUT2D eigenvalue weighted by molar-refractivity contribution is -0.0512. The summed E-state index contributed by atoms with van der Waals surface area (Å²) in [5.41, 5.74) is 2.88. The first-order chi connectivity index (χ1) is 14.2. The number of methoxy groups -OCH3 is 1. The van der Waals surface area contributed by atoms with Crippen LogP contribution in [0.4, 0.5) is 8.78 Å². The van der Waals surface area contributed by atoms with Gasteiger partial charge in [-0.15, -0.1) is 0 Å². The minimum Gasteiger partial charge on any atom is -0.493 e. The fourth-order valence-electron chi connectivity index (χ4n) is 3.41. The van der Waals surface area contributed by atoms with Gasteiger partial charge in [-0.1, -0.05) is 12.1 Å². The summed E-state index contributed by atoms with van der Waals surface area (Å²) in [5, 5.41) is 0. The number of hydrogen-bond acceptors (Lipinski definition) is 5. The van der Waals surface area contributed by atoms with Crippen molar-refractivity contribution in [2.45, 2.75) is 31.9 Å². The lowest BCUT2D eigenvalue weighted by atomic mass is 10.1. The molecule has 0 atom stereocenters. The van der Waals surface area contributed by atoms with Gasteiger partial charge >= 0.3 is 6.61 Å². The molecular formula is C21H26F2N2O4S. The van der Waals surface area contributed by atoms with Crippen LogP contribution in [0.5, 0.6) is 11.5 Å². The molecular weight excluding hydrogens is 414 g/mol. The molecule has 0 spiro atoms. The molecule has 0 aromatic heterocycles. The molecule has 30 heavy (non-hydrogen) atoms. The average Bonchev–Trinajstić information content (AvgIpc) is 2.71. The first-order valence-electron chi connectivity index (χ1n) is 9.62. The molecule has 0 amide bonds. The van der Waals surface area contributed by atoms with E-state index in [-0.39, 0.29) is 11.5 Å². The van der Waals surface area contributed by atoms with Crippen LogP contribution in [0.3, 0.4) is 0 Å². The second kappa shape index (κ2) is 9.28. The zero-order valence-corrected chi connectivity index (χ0v) is 18.1. The first kappa shape index (κ1) is 22.5. The summed E-state index contributed by atoms with van der Waals surface area (Å²) in [4.78, 5) is 2.44. The normalized spacial score (nSPS) is 16.1. The number of benzene rings is 2. The number of piperazine rings is 1. The Morgan fingerprint density at radius 2 is 1.67 bits per heavy atom. The smallest absolute Gasteiger partial charge is 0.387 e. The van der Waals surface area contributed by atoms with E-state index in [0.29, 0.717) is 37.6 Å². The molecule has 0 N–H and O–H groups in total. The molecule has 3 rings (SSSR count). The Kier molecular flexibility index (Phi) is 6.95. The topological polar surface area (TPSA) is 59.1 Å². The van der Waals surface area contributed by atoms with E-state index in [1.54, 1.807) is 24.3 Å². The first-order valence-corrected chi connectivity index (χ1v) is 11.1. The molecule has 164 valence electrons. The molecule has 1 fully saturated rings. The highest BCUT2D eigenvalue weighted by molar-refractivity contribution is 7.89. The highest BCUT2D eigenvalue weighted by atomic mass is 32.2. The zero-order chi connectivity index (χ0) is 21.9. The van der Waals surface area contributed by atoms with E-state index in [2.05, 4.69) is 9.64 Å². The molecule has 2 aromatic rings. The minimum absolute atomic E-state index is 0.0134. The van der Waals surface area contributed by atoms with E-state index in [1.165, 1.54) is 17.5 Å². The van der Waals surface area contributed by atoms with Gasteiger partial charge in [0.05, 0.1) is 12.0 Å². The average molecular weight is 441 g/mol. The van der Waals surface area contributed by atoms with Gasteiger partial charge in [-0.05, 0) is 54.8 Å². The highest BCUT2D eigenvalue weighted by Crippen LogP contribution is 2.30. The van der Waals surface area contributed by atoms with Crippen LogP contribution in [0.1, 0.15) is 16.7 Å². The van der Waals surface area contributed by atoms with E-state index in [9.17, 15) is 17.2 Å². The van der Waals surface area contributed by atoms with Crippen molar-refractivity contribution < 1.29 is 26.7 Å². The SMILES string of the molecule is COc1cc(CN2CCN(S(=O)(=O)c3ccc(C)c(C)c3)CC2)ccc1OC(F)F. The standard InChI is InChI=1S/C21H26F2N2O4S/c1-15-4-6-18(12-16(15)2)30(26,27)25-10-8-24(9-11-25)14-17-5-7-19(29-21(22)23)20(13-17)28-3/h4-7,12-13,21H,8-11,14H2,1-3H3. The van der Waals surface area contributed by atoms with Gasteiger partial charge in [0.15, 0.2) is 11.5 Å². The van der Waals surface area contributed by atoms with Crippen LogP contribution in [0.25, 0.3) is 0 Å².